The molecule has 240 valence electrons. The van der Waals surface area contributed by atoms with Gasteiger partial charge in [-0.1, -0.05) is 12.1 Å². The number of aromatic nitrogens is 3. The summed E-state index contributed by atoms with van der Waals surface area (Å²) in [6.07, 6.45) is 1.65. The van der Waals surface area contributed by atoms with Crippen LogP contribution in [0.5, 0.6) is 23.0 Å². The van der Waals surface area contributed by atoms with Gasteiger partial charge in [0.25, 0.3) is 10.0 Å². The summed E-state index contributed by atoms with van der Waals surface area (Å²) in [7, 11) is 2.47. The first-order valence-corrected chi connectivity index (χ1v) is 16.0. The minimum atomic E-state index is -4.41. The molecule has 3 aromatic carbocycles. The van der Waals surface area contributed by atoms with Gasteiger partial charge in [0.05, 0.1) is 55.6 Å². The van der Waals surface area contributed by atoms with Gasteiger partial charge in [-0.2, -0.15) is 3.97 Å². The van der Waals surface area contributed by atoms with Crippen molar-refractivity contribution in [3.05, 3.63) is 70.3 Å². The number of fused-ring (bicyclic) bond motifs is 2. The minimum Gasteiger partial charge on any atom is -0.493 e. The van der Waals surface area contributed by atoms with Crippen molar-refractivity contribution in [2.75, 3.05) is 48.1 Å². The van der Waals surface area contributed by atoms with Crippen LogP contribution in [-0.4, -0.2) is 75.1 Å². The molecule has 5 aromatic rings. The molecular weight excluding hydrogens is 600 g/mol. The van der Waals surface area contributed by atoms with Crippen molar-refractivity contribution in [2.45, 2.75) is 38.1 Å². The fourth-order valence-corrected chi connectivity index (χ4v) is 6.52. The van der Waals surface area contributed by atoms with Gasteiger partial charge in [-0.15, -0.1) is 0 Å². The topological polar surface area (TPSA) is 127 Å². The van der Waals surface area contributed by atoms with Crippen LogP contribution in [0, 0.1) is 6.92 Å². The predicted molar refractivity (Wildman–Crippen MR) is 171 cm³/mol. The molecule has 0 spiro atoms. The van der Waals surface area contributed by atoms with Gasteiger partial charge in [0, 0.05) is 30.1 Å². The van der Waals surface area contributed by atoms with Crippen molar-refractivity contribution in [3.63, 3.8) is 0 Å². The molecule has 13 heteroatoms. The van der Waals surface area contributed by atoms with E-state index in [1.165, 1.54) is 43.1 Å². The Morgan fingerprint density at radius 3 is 2.29 bits per heavy atom. The Bertz CT molecular complexity index is 1990. The Morgan fingerprint density at radius 1 is 0.911 bits per heavy atom. The Balaban J connectivity index is 1.65. The molecule has 0 saturated heterocycles. The first-order valence-electron chi connectivity index (χ1n) is 14.6. The number of rotatable bonds is 14. The molecule has 5 rings (SSSR count). The highest BCUT2D eigenvalue weighted by atomic mass is 32.2. The summed E-state index contributed by atoms with van der Waals surface area (Å²) in [6, 6.07) is 12.9. The van der Waals surface area contributed by atoms with Gasteiger partial charge in [-0.3, -0.25) is 4.57 Å². The third-order valence-corrected chi connectivity index (χ3v) is 9.01. The Hall–Kier alpha value is -4.49. The maximum absolute atomic E-state index is 14.2. The van der Waals surface area contributed by atoms with E-state index in [9.17, 15) is 13.2 Å². The van der Waals surface area contributed by atoms with Crippen LogP contribution < -0.4 is 24.6 Å². The highest BCUT2D eigenvalue weighted by molar-refractivity contribution is 7.90. The number of aryl methyl sites for hydroxylation is 1. The van der Waals surface area contributed by atoms with Crippen LogP contribution in [-0.2, 0) is 16.6 Å². The smallest absolute Gasteiger partial charge is 0.343 e. The summed E-state index contributed by atoms with van der Waals surface area (Å²) in [5, 5.41) is 4.71. The van der Waals surface area contributed by atoms with Crippen LogP contribution in [0.15, 0.2) is 62.7 Å². The molecule has 0 saturated carbocycles. The van der Waals surface area contributed by atoms with Crippen LogP contribution in [0.3, 0.4) is 0 Å². The van der Waals surface area contributed by atoms with Crippen molar-refractivity contribution in [2.24, 2.45) is 0 Å². The largest absolute Gasteiger partial charge is 0.493 e. The molecular formula is C32H38N4O8S. The third-order valence-electron chi connectivity index (χ3n) is 7.33. The van der Waals surface area contributed by atoms with Gasteiger partial charge in [0.15, 0.2) is 17.1 Å². The zero-order valence-corrected chi connectivity index (χ0v) is 27.1. The first-order chi connectivity index (χ1) is 21.6. The second-order valence-electron chi connectivity index (χ2n) is 10.9. The summed E-state index contributed by atoms with van der Waals surface area (Å²) in [6.45, 7) is 5.74. The van der Waals surface area contributed by atoms with E-state index in [-0.39, 0.29) is 22.7 Å². The number of nitrogens with zero attached hydrogens (tertiary/aromatic N) is 4. The van der Waals surface area contributed by atoms with Gasteiger partial charge in [-0.05, 0) is 69.8 Å². The van der Waals surface area contributed by atoms with E-state index in [0.29, 0.717) is 58.2 Å². The van der Waals surface area contributed by atoms with Crippen LogP contribution in [0.25, 0.3) is 22.0 Å². The number of benzene rings is 3. The van der Waals surface area contributed by atoms with Gasteiger partial charge in [0.1, 0.15) is 11.5 Å². The van der Waals surface area contributed by atoms with Crippen LogP contribution in [0.4, 0.5) is 0 Å². The van der Waals surface area contributed by atoms with E-state index in [2.05, 4.69) is 10.1 Å². The summed E-state index contributed by atoms with van der Waals surface area (Å²) >= 11 is 0. The Labute approximate surface area is 261 Å². The highest BCUT2D eigenvalue weighted by Gasteiger charge is 2.28. The van der Waals surface area contributed by atoms with E-state index >= 15 is 0 Å². The molecule has 0 atom stereocenters. The van der Waals surface area contributed by atoms with Gasteiger partial charge in [-0.25, -0.2) is 13.2 Å². The van der Waals surface area contributed by atoms with Crippen molar-refractivity contribution in [3.8, 4) is 23.0 Å². The van der Waals surface area contributed by atoms with Crippen LogP contribution in [0.1, 0.15) is 31.0 Å². The molecule has 2 aromatic heterocycles. The van der Waals surface area contributed by atoms with Crippen molar-refractivity contribution in [1.82, 2.24) is 18.6 Å². The molecule has 0 N–H and O–H groups in total. The fraction of sp³-hybridized carbons (Fsp3) is 0.375. The average molecular weight is 639 g/mol. The minimum absolute atomic E-state index is 0.0526. The molecule has 0 aliphatic carbocycles. The molecule has 0 aliphatic rings. The number of hydrogen-bond donors (Lipinski definition) is 0. The quantitative estimate of drug-likeness (QED) is 0.158. The van der Waals surface area contributed by atoms with E-state index in [1.54, 1.807) is 13.0 Å². The van der Waals surface area contributed by atoms with Crippen molar-refractivity contribution >= 4 is 32.0 Å². The molecule has 0 aliphatic heterocycles. The standard InChI is InChI=1S/C32H38N4O8S/c1-7-12-42-23-14-22(15-24(16-23)43-13-8-11-34(3)4)20-35-27-18-26-21(2)33-44-30(26)19-28(27)36(32(35)37)45(38,39)25-9-10-29(40-5)31(17-25)41-6/h9-10,14-19H,7-8,11-13,20H2,1-6H3. The SMILES string of the molecule is CCCOc1cc(Cn2c(=O)n(S(=O)(=O)c3ccc(OC)c(OC)c3)c3cc4onc(C)c4cc32)cc(OCCCN(C)C)c1. The second kappa shape index (κ2) is 13.2. The maximum atomic E-state index is 14.2. The summed E-state index contributed by atoms with van der Waals surface area (Å²) in [5.41, 5.74) is 1.49. The normalized spacial score (nSPS) is 11.9. The molecule has 12 nitrogen and oxygen atoms in total. The molecule has 0 amide bonds. The summed E-state index contributed by atoms with van der Waals surface area (Å²) in [5.74, 6) is 1.77. The lowest BCUT2D eigenvalue weighted by Crippen LogP contribution is -2.30. The lowest BCUT2D eigenvalue weighted by Gasteiger charge is -2.14. The van der Waals surface area contributed by atoms with Crippen LogP contribution >= 0.6 is 0 Å². The number of imidazole rings is 1. The average Bonchev–Trinajstić information content (AvgIpc) is 3.52. The van der Waals surface area contributed by atoms with Crippen molar-refractivity contribution in [1.29, 1.82) is 0 Å². The Morgan fingerprint density at radius 2 is 1.62 bits per heavy atom. The number of methoxy groups -OCH3 is 2. The van der Waals surface area contributed by atoms with Gasteiger partial charge >= 0.3 is 5.69 Å². The number of ether oxygens (including phenoxy) is 4. The summed E-state index contributed by atoms with van der Waals surface area (Å²) < 4.78 is 58.5. The molecule has 2 heterocycles. The molecule has 0 unspecified atom stereocenters. The molecule has 0 fully saturated rings. The highest BCUT2D eigenvalue weighted by Crippen LogP contribution is 2.33. The maximum Gasteiger partial charge on any atom is 0.343 e. The number of hydrogen-bond acceptors (Lipinski definition) is 10. The monoisotopic (exact) mass is 638 g/mol. The second-order valence-corrected chi connectivity index (χ2v) is 12.7. The van der Waals surface area contributed by atoms with Crippen molar-refractivity contribution < 1.29 is 31.9 Å². The molecule has 45 heavy (non-hydrogen) atoms. The zero-order valence-electron chi connectivity index (χ0n) is 26.3. The lowest BCUT2D eigenvalue weighted by atomic mass is 10.1. The Kier molecular flexibility index (Phi) is 9.40. The van der Waals surface area contributed by atoms with E-state index in [1.807, 2.05) is 39.2 Å². The van der Waals surface area contributed by atoms with E-state index in [0.717, 1.165) is 23.4 Å². The molecule has 0 bridgehead atoms. The predicted octanol–water partition coefficient (Wildman–Crippen LogP) is 4.67. The van der Waals surface area contributed by atoms with Gasteiger partial charge < -0.3 is 28.4 Å². The fourth-order valence-electron chi connectivity index (χ4n) is 5.11. The summed E-state index contributed by atoms with van der Waals surface area (Å²) in [4.78, 5) is 16.1. The van der Waals surface area contributed by atoms with E-state index < -0.39 is 15.7 Å². The van der Waals surface area contributed by atoms with E-state index in [4.69, 9.17) is 23.5 Å². The lowest BCUT2D eigenvalue weighted by molar-refractivity contribution is 0.277. The zero-order chi connectivity index (χ0) is 32.3. The molecule has 0 radical (unpaired) electrons. The first kappa shape index (κ1) is 31.9. The van der Waals surface area contributed by atoms with Crippen LogP contribution in [0.2, 0.25) is 0 Å². The van der Waals surface area contributed by atoms with Gasteiger partial charge in [0.2, 0.25) is 0 Å². The third kappa shape index (κ3) is 6.50.